The van der Waals surface area contributed by atoms with Crippen LogP contribution in [0.3, 0.4) is 0 Å². The zero-order valence-electron chi connectivity index (χ0n) is 26.9. The molecule has 240 valence electrons. The fourth-order valence-corrected chi connectivity index (χ4v) is 4.95. The van der Waals surface area contributed by atoms with Crippen LogP contribution in [0.25, 0.3) is 16.6 Å². The first kappa shape index (κ1) is 29.4. The van der Waals surface area contributed by atoms with Gasteiger partial charge in [-0.1, -0.05) is 0 Å². The molecule has 0 aliphatic carbocycles. The number of ether oxygens (including phenoxy) is 4. The van der Waals surface area contributed by atoms with Crippen molar-refractivity contribution in [2.24, 2.45) is 0 Å². The first-order valence-corrected chi connectivity index (χ1v) is 14.5. The average molecular weight is 635 g/mol. The highest BCUT2D eigenvalue weighted by Crippen LogP contribution is 2.40. The van der Waals surface area contributed by atoms with Crippen LogP contribution in [0.5, 0.6) is 23.0 Å². The van der Waals surface area contributed by atoms with E-state index in [1.807, 2.05) is 13.0 Å². The van der Waals surface area contributed by atoms with Crippen molar-refractivity contribution in [2.45, 2.75) is 51.7 Å². The largest absolute Gasteiger partial charge is 0.497 e. The average Bonchev–Trinajstić information content (AvgIpc) is 3.47. The molecule has 1 amide bonds. The molecule has 1 N–H and O–H groups in total. The smallest absolute Gasteiger partial charge is 0.410 e. The van der Waals surface area contributed by atoms with E-state index in [0.717, 1.165) is 10.5 Å². The monoisotopic (exact) mass is 634 g/mol. The Morgan fingerprint density at radius 2 is 1.89 bits per heavy atom. The van der Waals surface area contributed by atoms with Crippen LogP contribution in [-0.4, -0.2) is 73.4 Å². The molecule has 0 radical (unpaired) electrons. The van der Waals surface area contributed by atoms with Crippen molar-refractivity contribution in [3.8, 4) is 23.0 Å². The maximum absolute atomic E-state index is 15.7. The molecule has 5 aromatic rings. The van der Waals surface area contributed by atoms with Gasteiger partial charge in [-0.25, -0.2) is 33.0 Å². The van der Waals surface area contributed by atoms with E-state index in [9.17, 15) is 4.79 Å². The number of carbonyl (C=O) groups excluding carboxylic acids is 1. The van der Waals surface area contributed by atoms with E-state index >= 15 is 8.78 Å². The third-order valence-corrected chi connectivity index (χ3v) is 7.12. The number of anilines is 2. The first-order valence-electron chi connectivity index (χ1n) is 15.0. The van der Waals surface area contributed by atoms with Crippen molar-refractivity contribution in [2.75, 3.05) is 25.5 Å². The maximum Gasteiger partial charge on any atom is 0.410 e. The summed E-state index contributed by atoms with van der Waals surface area (Å²) in [5.41, 5.74) is 1.55. The van der Waals surface area contributed by atoms with Crippen molar-refractivity contribution in [3.05, 3.63) is 66.9 Å². The van der Waals surface area contributed by atoms with Gasteiger partial charge in [0.2, 0.25) is 0 Å². The first-order chi connectivity index (χ1) is 22.2. The predicted octanol–water partition coefficient (Wildman–Crippen LogP) is 6.55. The van der Waals surface area contributed by atoms with Crippen molar-refractivity contribution in [3.63, 3.8) is 0 Å². The predicted molar refractivity (Wildman–Crippen MR) is 165 cm³/mol. The Morgan fingerprint density at radius 3 is 2.63 bits per heavy atom. The van der Waals surface area contributed by atoms with Crippen LogP contribution < -0.4 is 19.5 Å². The van der Waals surface area contributed by atoms with Gasteiger partial charge in [-0.15, -0.1) is 0 Å². The molecule has 1 aliphatic heterocycles. The number of amides is 1. The highest BCUT2D eigenvalue weighted by atomic mass is 19.3. The van der Waals surface area contributed by atoms with E-state index in [4.69, 9.17) is 20.3 Å². The van der Waals surface area contributed by atoms with Gasteiger partial charge in [0.1, 0.15) is 47.1 Å². The molecule has 1 saturated heterocycles. The van der Waals surface area contributed by atoms with Gasteiger partial charge < -0.3 is 29.2 Å². The van der Waals surface area contributed by atoms with Gasteiger partial charge in [-0.3, -0.25) is 0 Å². The Morgan fingerprint density at radius 1 is 1.07 bits per heavy atom. The Hall–Kier alpha value is -5.27. The minimum atomic E-state index is -3.76. The zero-order valence-corrected chi connectivity index (χ0v) is 25.9. The number of fused-ring (bicyclic) bond motifs is 2. The Labute approximate surface area is 264 Å². The molecule has 46 heavy (non-hydrogen) atoms. The van der Waals surface area contributed by atoms with E-state index in [2.05, 4.69) is 25.4 Å². The lowest BCUT2D eigenvalue weighted by molar-refractivity contribution is -0.137. The van der Waals surface area contributed by atoms with Gasteiger partial charge in [-0.2, -0.15) is 5.10 Å². The molecule has 1 fully saturated rings. The molecular formula is C32H33F2N7O5. The molecule has 1 unspecified atom stereocenters. The molecule has 0 bridgehead atoms. The lowest BCUT2D eigenvalue weighted by atomic mass is 10.0. The fraction of sp³-hybridized carbons (Fsp3) is 0.344. The van der Waals surface area contributed by atoms with E-state index in [1.54, 1.807) is 61.8 Å². The van der Waals surface area contributed by atoms with Gasteiger partial charge in [0.15, 0.2) is 11.7 Å². The summed E-state index contributed by atoms with van der Waals surface area (Å²) in [7, 11) is 1.42. The summed E-state index contributed by atoms with van der Waals surface area (Å²) in [4.78, 5) is 26.3. The van der Waals surface area contributed by atoms with Crippen LogP contribution in [0.1, 0.15) is 34.1 Å². The molecule has 14 heteroatoms. The summed E-state index contributed by atoms with van der Waals surface area (Å²) in [6, 6.07) is 12.0. The van der Waals surface area contributed by atoms with Gasteiger partial charge >= 0.3 is 12.0 Å². The van der Waals surface area contributed by atoms with Gasteiger partial charge in [0, 0.05) is 43.0 Å². The molecule has 0 saturated carbocycles. The number of hydrogen-bond acceptors (Lipinski definition) is 10. The number of piperidine rings is 1. The van der Waals surface area contributed by atoms with Crippen LogP contribution >= 0.6 is 0 Å². The Kier molecular flexibility index (Phi) is 7.62. The Bertz CT molecular complexity index is 1970. The van der Waals surface area contributed by atoms with Crippen LogP contribution in [0.4, 0.5) is 25.1 Å². The van der Waals surface area contributed by atoms with Gasteiger partial charge in [0.05, 0.1) is 25.9 Å². The fourth-order valence-electron chi connectivity index (χ4n) is 4.95. The summed E-state index contributed by atoms with van der Waals surface area (Å²) < 4.78 is 64.3. The SMILES string of the molecule is [2H]C1(Oc2cc(OC)cc3ncnc(Nc4ccc(Oc5ccn6ncnc6c5)c(C)c4)c23)CCN(C(=O)OC(C)(C)C)CC1(F)F. The number of aryl methyl sites for hydroxylation is 1. The van der Waals surface area contributed by atoms with Crippen molar-refractivity contribution >= 4 is 34.1 Å². The highest BCUT2D eigenvalue weighted by molar-refractivity contribution is 5.96. The summed E-state index contributed by atoms with van der Waals surface area (Å²) >= 11 is 0. The third-order valence-electron chi connectivity index (χ3n) is 7.12. The van der Waals surface area contributed by atoms with E-state index in [0.29, 0.717) is 28.4 Å². The summed E-state index contributed by atoms with van der Waals surface area (Å²) in [6.45, 7) is 5.61. The number of aromatic nitrogens is 5. The number of methoxy groups -OCH3 is 1. The molecule has 1 atom stereocenters. The molecular weight excluding hydrogens is 600 g/mol. The van der Waals surface area contributed by atoms with Crippen molar-refractivity contribution in [1.82, 2.24) is 29.5 Å². The minimum absolute atomic E-state index is 0.0802. The summed E-state index contributed by atoms with van der Waals surface area (Å²) in [5, 5.41) is 7.58. The quantitative estimate of drug-likeness (QED) is 0.211. The van der Waals surface area contributed by atoms with Gasteiger partial charge in [-0.05, 0) is 57.5 Å². The number of benzene rings is 2. The van der Waals surface area contributed by atoms with Crippen LogP contribution in [0.2, 0.25) is 0 Å². The lowest BCUT2D eigenvalue weighted by Crippen LogP contribution is -2.56. The number of rotatable bonds is 7. The molecule has 0 spiro atoms. The van der Waals surface area contributed by atoms with E-state index in [1.165, 1.54) is 25.8 Å². The van der Waals surface area contributed by atoms with Crippen molar-refractivity contribution in [1.29, 1.82) is 0 Å². The number of alkyl halides is 2. The number of nitrogens with zero attached hydrogens (tertiary/aromatic N) is 6. The third kappa shape index (κ3) is 6.55. The number of halogens is 2. The van der Waals surface area contributed by atoms with Crippen LogP contribution in [-0.2, 0) is 4.74 Å². The molecule has 2 aromatic carbocycles. The van der Waals surface area contributed by atoms with E-state index in [-0.39, 0.29) is 29.2 Å². The number of hydrogen-bond donors (Lipinski definition) is 1. The second-order valence-electron chi connectivity index (χ2n) is 11.8. The number of carbonyl (C=O) groups is 1. The normalized spacial score (nSPS) is 18.2. The van der Waals surface area contributed by atoms with Crippen molar-refractivity contribution < 1.29 is 33.9 Å². The zero-order chi connectivity index (χ0) is 33.6. The molecule has 3 aromatic heterocycles. The number of nitrogens with one attached hydrogen (secondary N) is 1. The topological polar surface area (TPSA) is 125 Å². The number of pyridine rings is 1. The molecule has 1 aliphatic rings. The van der Waals surface area contributed by atoms with Crippen LogP contribution in [0.15, 0.2) is 61.3 Å². The van der Waals surface area contributed by atoms with Crippen LogP contribution in [0, 0.1) is 6.92 Å². The summed E-state index contributed by atoms with van der Waals surface area (Å²) in [6.07, 6.45) is 0.442. The standard InChI is InChI=1S/C32H33F2N7O5/c1-19-12-20(6-7-24(19)44-21-8-11-41-27(15-21)36-18-38-41)39-29-28-23(35-17-37-29)13-22(43-5)14-25(28)45-26-9-10-40(16-32(26,33)34)30(42)46-31(2,3)4/h6-8,11-15,17-18,26H,9-10,16H2,1-5H3,(H,35,37,39)/i26D. The Balaban J connectivity index is 1.28. The van der Waals surface area contributed by atoms with E-state index < -0.39 is 36.7 Å². The molecule has 6 rings (SSSR count). The molecule has 12 nitrogen and oxygen atoms in total. The molecule has 4 heterocycles. The number of likely N-dealkylation sites (tertiary alicyclic amines) is 1. The van der Waals surface area contributed by atoms with Gasteiger partial charge in [0.25, 0.3) is 0 Å². The minimum Gasteiger partial charge on any atom is -0.497 e. The highest BCUT2D eigenvalue weighted by Gasteiger charge is 2.48. The second kappa shape index (κ2) is 11.9. The maximum atomic E-state index is 15.7. The second-order valence-corrected chi connectivity index (χ2v) is 11.8. The lowest BCUT2D eigenvalue weighted by Gasteiger charge is -2.38. The summed E-state index contributed by atoms with van der Waals surface area (Å²) in [5.74, 6) is -2.09.